The third-order valence-corrected chi connectivity index (χ3v) is 6.92. The van der Waals surface area contributed by atoms with Crippen molar-refractivity contribution in [2.75, 3.05) is 18.4 Å². The number of nitrogens with zero attached hydrogens (tertiary/aromatic N) is 2. The number of benzene rings is 1. The van der Waals surface area contributed by atoms with Gasteiger partial charge in [0.2, 0.25) is 5.91 Å². The van der Waals surface area contributed by atoms with E-state index < -0.39 is 0 Å². The molecule has 3 aromatic rings. The molecule has 0 aliphatic carbocycles. The number of nitrogens with two attached hydrogens (primary N) is 1. The van der Waals surface area contributed by atoms with Gasteiger partial charge in [-0.1, -0.05) is 24.3 Å². The minimum atomic E-state index is -0.235. The summed E-state index contributed by atoms with van der Waals surface area (Å²) in [5.74, 6) is -0.553. The molecule has 4 rings (SSSR count). The zero-order chi connectivity index (χ0) is 20.2. The Morgan fingerprint density at radius 2 is 2.07 bits per heavy atom. The number of carbonyl (C=O) groups is 2. The van der Waals surface area contributed by atoms with E-state index in [1.165, 1.54) is 11.3 Å². The SMILES string of the molecule is NC(=O)C1CCCN(Cc2ccccc2NC(=O)c2csc(-c3cccs3)n2)C1. The van der Waals surface area contributed by atoms with E-state index >= 15 is 0 Å². The molecule has 1 unspecified atom stereocenters. The van der Waals surface area contributed by atoms with Crippen molar-refractivity contribution < 1.29 is 9.59 Å². The maximum atomic E-state index is 12.7. The van der Waals surface area contributed by atoms with Crippen LogP contribution >= 0.6 is 22.7 Å². The summed E-state index contributed by atoms with van der Waals surface area (Å²) in [6.45, 7) is 2.24. The Bertz CT molecular complexity index is 1000. The second kappa shape index (κ2) is 8.86. The normalized spacial score (nSPS) is 17.2. The molecule has 2 amide bonds. The van der Waals surface area contributed by atoms with Crippen LogP contribution in [0.5, 0.6) is 0 Å². The second-order valence-electron chi connectivity index (χ2n) is 7.10. The van der Waals surface area contributed by atoms with Crippen LogP contribution in [0, 0.1) is 5.92 Å². The highest BCUT2D eigenvalue weighted by atomic mass is 32.1. The summed E-state index contributed by atoms with van der Waals surface area (Å²) < 4.78 is 0. The Labute approximate surface area is 177 Å². The minimum Gasteiger partial charge on any atom is -0.369 e. The van der Waals surface area contributed by atoms with Gasteiger partial charge in [-0.25, -0.2) is 4.98 Å². The van der Waals surface area contributed by atoms with Crippen molar-refractivity contribution in [2.24, 2.45) is 11.7 Å². The van der Waals surface area contributed by atoms with E-state index in [0.29, 0.717) is 18.8 Å². The maximum Gasteiger partial charge on any atom is 0.275 e. The number of primary amides is 1. The van der Waals surface area contributed by atoms with Crippen LogP contribution in [0.15, 0.2) is 47.2 Å². The van der Waals surface area contributed by atoms with Gasteiger partial charge >= 0.3 is 0 Å². The van der Waals surface area contributed by atoms with Crippen LogP contribution in [0.25, 0.3) is 9.88 Å². The van der Waals surface area contributed by atoms with Gasteiger partial charge in [-0.05, 0) is 42.5 Å². The van der Waals surface area contributed by atoms with Crippen molar-refractivity contribution in [3.63, 3.8) is 0 Å². The molecule has 1 atom stereocenters. The number of nitrogens with one attached hydrogen (secondary N) is 1. The van der Waals surface area contributed by atoms with E-state index in [1.54, 1.807) is 16.7 Å². The smallest absolute Gasteiger partial charge is 0.275 e. The molecule has 1 fully saturated rings. The van der Waals surface area contributed by atoms with Crippen molar-refractivity contribution in [1.82, 2.24) is 9.88 Å². The minimum absolute atomic E-state index is 0.101. The van der Waals surface area contributed by atoms with Crippen LogP contribution in [0.1, 0.15) is 28.9 Å². The largest absolute Gasteiger partial charge is 0.369 e. The first kappa shape index (κ1) is 19.8. The molecular weight excluding hydrogens is 404 g/mol. The van der Waals surface area contributed by atoms with Gasteiger partial charge in [-0.3, -0.25) is 14.5 Å². The third-order valence-electron chi connectivity index (χ3n) is 5.04. The summed E-state index contributed by atoms with van der Waals surface area (Å²) >= 11 is 3.08. The quantitative estimate of drug-likeness (QED) is 0.627. The number of para-hydroxylation sites is 1. The van der Waals surface area contributed by atoms with Crippen molar-refractivity contribution in [1.29, 1.82) is 0 Å². The van der Waals surface area contributed by atoms with Gasteiger partial charge in [0.1, 0.15) is 10.7 Å². The van der Waals surface area contributed by atoms with E-state index in [9.17, 15) is 9.59 Å². The van der Waals surface area contributed by atoms with Crippen molar-refractivity contribution >= 4 is 40.2 Å². The highest BCUT2D eigenvalue weighted by Crippen LogP contribution is 2.28. The summed E-state index contributed by atoms with van der Waals surface area (Å²) in [6.07, 6.45) is 1.80. The molecule has 29 heavy (non-hydrogen) atoms. The fourth-order valence-electron chi connectivity index (χ4n) is 3.53. The molecule has 8 heteroatoms. The first-order valence-corrected chi connectivity index (χ1v) is 11.3. The number of thiazole rings is 1. The summed E-state index contributed by atoms with van der Waals surface area (Å²) in [6, 6.07) is 11.7. The predicted octanol–water partition coefficient (Wildman–Crippen LogP) is 3.82. The molecule has 0 bridgehead atoms. The number of hydrogen-bond donors (Lipinski definition) is 2. The highest BCUT2D eigenvalue weighted by molar-refractivity contribution is 7.20. The molecule has 0 saturated carbocycles. The lowest BCUT2D eigenvalue weighted by molar-refractivity contribution is -0.123. The van der Waals surface area contributed by atoms with E-state index in [1.807, 2.05) is 41.8 Å². The lowest BCUT2D eigenvalue weighted by atomic mass is 9.97. The van der Waals surface area contributed by atoms with E-state index in [-0.39, 0.29) is 17.7 Å². The molecule has 3 N–H and O–H groups in total. The standard InChI is InChI=1S/C21H22N4O2S2/c22-19(26)15-6-3-9-25(12-15)11-14-5-1-2-7-16(14)23-20(27)17-13-29-21(24-17)18-8-4-10-28-18/h1-2,4-5,7-8,10,13,15H,3,6,9,11-12H2,(H2,22,26)(H,23,27). The Hall–Kier alpha value is -2.55. The zero-order valence-electron chi connectivity index (χ0n) is 15.8. The highest BCUT2D eigenvalue weighted by Gasteiger charge is 2.24. The summed E-state index contributed by atoms with van der Waals surface area (Å²) in [5.41, 5.74) is 7.69. The van der Waals surface area contributed by atoms with Crippen molar-refractivity contribution in [3.05, 3.63) is 58.4 Å². The van der Waals surface area contributed by atoms with Crippen LogP contribution in [-0.4, -0.2) is 34.8 Å². The van der Waals surface area contributed by atoms with Crippen LogP contribution in [-0.2, 0) is 11.3 Å². The van der Waals surface area contributed by atoms with E-state index in [4.69, 9.17) is 5.73 Å². The number of piperidine rings is 1. The van der Waals surface area contributed by atoms with Crippen LogP contribution in [0.3, 0.4) is 0 Å². The van der Waals surface area contributed by atoms with Gasteiger partial charge in [0, 0.05) is 24.2 Å². The number of rotatable bonds is 6. The molecule has 0 radical (unpaired) electrons. The lowest BCUT2D eigenvalue weighted by Gasteiger charge is -2.31. The average Bonchev–Trinajstić information content (AvgIpc) is 3.41. The molecule has 0 spiro atoms. The number of carbonyl (C=O) groups excluding carboxylic acids is 2. The lowest BCUT2D eigenvalue weighted by Crippen LogP contribution is -2.40. The maximum absolute atomic E-state index is 12.7. The molecular formula is C21H22N4O2S2. The summed E-state index contributed by atoms with van der Waals surface area (Å²) in [7, 11) is 0. The summed E-state index contributed by atoms with van der Waals surface area (Å²) in [4.78, 5) is 32.0. The van der Waals surface area contributed by atoms with Crippen molar-refractivity contribution in [2.45, 2.75) is 19.4 Å². The number of amides is 2. The molecule has 6 nitrogen and oxygen atoms in total. The van der Waals surface area contributed by atoms with E-state index in [0.717, 1.165) is 40.5 Å². The van der Waals surface area contributed by atoms with Gasteiger partial charge in [-0.2, -0.15) is 0 Å². The van der Waals surface area contributed by atoms with Gasteiger partial charge in [0.25, 0.3) is 5.91 Å². The zero-order valence-corrected chi connectivity index (χ0v) is 17.5. The number of hydrogen-bond acceptors (Lipinski definition) is 6. The monoisotopic (exact) mass is 426 g/mol. The fourth-order valence-corrected chi connectivity index (χ4v) is 5.14. The van der Waals surface area contributed by atoms with Gasteiger partial charge in [0.05, 0.1) is 10.8 Å². The molecule has 1 aliphatic heterocycles. The first-order chi connectivity index (χ1) is 14.1. The van der Waals surface area contributed by atoms with E-state index in [2.05, 4.69) is 15.2 Å². The average molecular weight is 427 g/mol. The molecule has 3 heterocycles. The number of aromatic nitrogens is 1. The van der Waals surface area contributed by atoms with Gasteiger partial charge in [0.15, 0.2) is 0 Å². The predicted molar refractivity (Wildman–Crippen MR) is 117 cm³/mol. The molecule has 1 aliphatic rings. The first-order valence-electron chi connectivity index (χ1n) is 9.50. The van der Waals surface area contributed by atoms with Crippen LogP contribution in [0.4, 0.5) is 5.69 Å². The number of anilines is 1. The fraction of sp³-hybridized carbons (Fsp3) is 0.286. The summed E-state index contributed by atoms with van der Waals surface area (Å²) in [5, 5.41) is 7.63. The number of likely N-dealkylation sites (tertiary alicyclic amines) is 1. The van der Waals surface area contributed by atoms with Crippen LogP contribution < -0.4 is 11.1 Å². The molecule has 1 saturated heterocycles. The van der Waals surface area contributed by atoms with Crippen LogP contribution in [0.2, 0.25) is 0 Å². The third kappa shape index (κ3) is 4.72. The van der Waals surface area contributed by atoms with Gasteiger partial charge in [-0.15, -0.1) is 22.7 Å². The molecule has 1 aromatic carbocycles. The Morgan fingerprint density at radius 1 is 1.21 bits per heavy atom. The molecule has 2 aromatic heterocycles. The van der Waals surface area contributed by atoms with Crippen molar-refractivity contribution in [3.8, 4) is 9.88 Å². The molecule has 150 valence electrons. The number of thiophene rings is 1. The Kier molecular flexibility index (Phi) is 6.03. The Morgan fingerprint density at radius 3 is 2.86 bits per heavy atom. The topological polar surface area (TPSA) is 88.3 Å². The Balaban J connectivity index is 1.46. The van der Waals surface area contributed by atoms with Gasteiger partial charge < -0.3 is 11.1 Å². The second-order valence-corrected chi connectivity index (χ2v) is 8.91.